The van der Waals surface area contributed by atoms with Crippen LogP contribution in [0.25, 0.3) is 0 Å². The molecule has 0 spiro atoms. The first-order chi connectivity index (χ1) is 42.2. The van der Waals surface area contributed by atoms with Crippen LogP contribution in [0.1, 0.15) is 111 Å². The standard InChI is InChI=1S/C16H10O5.C9H8O5.C8H12N2O2.C8H8O2.C7H9NO.C7H8O5S2.C7H8O2S/c1-7(17)10-6-11(18)12-13(16(10)21)15(20)9-5-3-2-4-8(9)14(12)19;1-4(10)5-2-8(12)6(9(13)14)3-7(5)11;9-3-5-1-7(11)6(4-10)2-8(5)12;1-6(9)7-4-2-3-5-8(7)10;8-5-6-3-1-2-4-7(6)9;1-13(10)6-2-5(9)7(14(11)12)3-4(6)8;1-10(9)7-5-3-2-4-6(7)8/h2-6,18,21H,1H3;2-3,11-12H,1H3,(H,13,14);1-2,11-12H,3-4,9-10H2;2-5,10H,1H3;1-4,9H,5,8H2;2-3,8-9H,1H3,(H,11,12);2-5,8H,1H3. The van der Waals surface area contributed by atoms with Gasteiger partial charge in [0.25, 0.3) is 0 Å². The molecule has 19 N–H and O–H groups in total. The predicted octanol–water partition coefficient (Wildman–Crippen LogP) is 7.08. The van der Waals surface area contributed by atoms with Gasteiger partial charge in [-0.05, 0) is 81.4 Å². The van der Waals surface area contributed by atoms with E-state index in [9.17, 15) is 82.2 Å². The van der Waals surface area contributed by atoms with Crippen molar-refractivity contribution in [1.82, 2.24) is 0 Å². The molecule has 3 atom stereocenters. The molecular weight excluding hydrogens is 1230 g/mol. The van der Waals surface area contributed by atoms with Crippen LogP contribution in [-0.4, -0.2) is 126 Å². The average Bonchev–Trinajstić information content (AvgIpc) is 0.746. The molecule has 28 heteroatoms. The largest absolute Gasteiger partial charge is 0.508 e. The van der Waals surface area contributed by atoms with Crippen LogP contribution in [0.4, 0.5) is 0 Å². The number of carbonyl (C=O) groups excluding carboxylic acids is 5. The summed E-state index contributed by atoms with van der Waals surface area (Å²) in [6.07, 6.45) is 2.86. The van der Waals surface area contributed by atoms with Gasteiger partial charge >= 0.3 is 5.97 Å². The highest BCUT2D eigenvalue weighted by Crippen LogP contribution is 2.40. The fourth-order valence-electron chi connectivity index (χ4n) is 7.61. The number of aromatic carboxylic acids is 1. The summed E-state index contributed by atoms with van der Waals surface area (Å²) in [5.41, 5.74) is 17.1. The third-order valence-corrected chi connectivity index (χ3v) is 14.8. The van der Waals surface area contributed by atoms with Crippen molar-refractivity contribution in [2.75, 3.05) is 12.5 Å². The zero-order chi connectivity index (χ0) is 68.0. The summed E-state index contributed by atoms with van der Waals surface area (Å²) in [7, 11) is -2.55. The van der Waals surface area contributed by atoms with Gasteiger partial charge in [-0.1, -0.05) is 66.7 Å². The second kappa shape index (κ2) is 34.3. The molecule has 8 aromatic rings. The van der Waals surface area contributed by atoms with Gasteiger partial charge in [0.1, 0.15) is 73.7 Å². The van der Waals surface area contributed by atoms with Crippen LogP contribution in [0, 0.1) is 0 Å². The molecule has 0 saturated heterocycles. The number of carboxylic acids is 1. The monoisotopic (exact) mass is 1300 g/mol. The van der Waals surface area contributed by atoms with E-state index in [0.717, 1.165) is 35.9 Å². The van der Waals surface area contributed by atoms with Gasteiger partial charge in [-0.2, -0.15) is 0 Å². The van der Waals surface area contributed by atoms with Gasteiger partial charge in [0, 0.05) is 72.1 Å². The second-order valence-corrected chi connectivity index (χ2v) is 22.0. The number of fused-ring (bicyclic) bond motifs is 2. The Kier molecular flexibility index (Phi) is 28.2. The topological polar surface area (TPSA) is 495 Å². The number of phenols is 11. The minimum Gasteiger partial charge on any atom is -0.508 e. The summed E-state index contributed by atoms with van der Waals surface area (Å²) in [6.45, 7) is 4.62. The Morgan fingerprint density at radius 3 is 1.17 bits per heavy atom. The number of benzene rings is 8. The van der Waals surface area contributed by atoms with E-state index in [1.165, 1.54) is 69.7 Å². The Hall–Kier alpha value is -10.3. The lowest BCUT2D eigenvalue weighted by atomic mass is 9.82. The summed E-state index contributed by atoms with van der Waals surface area (Å²) in [5.74, 6) is -5.87. The molecule has 0 aromatic heterocycles. The molecule has 90 heavy (non-hydrogen) atoms. The minimum absolute atomic E-state index is 0.0247. The first-order valence-corrected chi connectivity index (χ1v) is 29.9. The van der Waals surface area contributed by atoms with Crippen molar-refractivity contribution in [3.8, 4) is 63.2 Å². The van der Waals surface area contributed by atoms with E-state index < -0.39 is 96.1 Å². The van der Waals surface area contributed by atoms with Gasteiger partial charge in [-0.15, -0.1) is 0 Å². The number of Topliss-reactive ketones (excluding diaryl/α,β-unsaturated/α-hetero) is 3. The zero-order valence-electron chi connectivity index (χ0n) is 48.3. The molecule has 9 rings (SSSR count). The van der Waals surface area contributed by atoms with E-state index in [0.29, 0.717) is 28.1 Å². The first-order valence-electron chi connectivity index (χ1n) is 25.7. The number of carboxylic acid groups (broad SMARTS) is 1. The van der Waals surface area contributed by atoms with E-state index in [1.54, 1.807) is 66.7 Å². The number of nitrogens with two attached hydrogens (primary N) is 3. The maximum atomic E-state index is 12.5. The van der Waals surface area contributed by atoms with E-state index in [4.69, 9.17) is 42.2 Å². The minimum atomic E-state index is -2.38. The molecule has 8 aromatic carbocycles. The number of rotatable bonds is 10. The number of hydrogen-bond acceptors (Lipinski definition) is 23. The normalized spacial score (nSPS) is 11.6. The summed E-state index contributed by atoms with van der Waals surface area (Å²) < 4.78 is 41.1. The van der Waals surface area contributed by atoms with Crippen molar-refractivity contribution in [2.24, 2.45) is 17.2 Å². The third-order valence-electron chi connectivity index (χ3n) is 12.2. The number of aromatic hydroxyl groups is 11. The van der Waals surface area contributed by atoms with Crippen molar-refractivity contribution in [1.29, 1.82) is 0 Å². The van der Waals surface area contributed by atoms with Gasteiger partial charge in [-0.3, -0.25) is 32.4 Å². The Morgan fingerprint density at radius 2 is 0.767 bits per heavy atom. The predicted molar refractivity (Wildman–Crippen MR) is 331 cm³/mol. The Morgan fingerprint density at radius 1 is 0.378 bits per heavy atom. The lowest BCUT2D eigenvalue weighted by Crippen LogP contribution is -2.22. The second-order valence-electron chi connectivity index (χ2n) is 18.4. The molecule has 0 radical (unpaired) electrons. The van der Waals surface area contributed by atoms with Crippen LogP contribution in [-0.2, 0) is 52.3 Å². The van der Waals surface area contributed by atoms with Crippen molar-refractivity contribution in [3.05, 3.63) is 201 Å². The Bertz CT molecular complexity index is 3820. The fourth-order valence-corrected chi connectivity index (χ4v) is 9.32. The molecule has 476 valence electrons. The number of hydrogen-bond donors (Lipinski definition) is 16. The smallest absolute Gasteiger partial charge is 0.339 e. The van der Waals surface area contributed by atoms with Crippen LogP contribution >= 0.6 is 0 Å². The Balaban J connectivity index is 0.000000280. The summed E-state index contributed by atoms with van der Waals surface area (Å²) >= 11 is -2.38. The highest BCUT2D eigenvalue weighted by atomic mass is 32.2. The molecule has 0 heterocycles. The van der Waals surface area contributed by atoms with Crippen molar-refractivity contribution >= 4 is 67.6 Å². The quantitative estimate of drug-likeness (QED) is 0.0369. The third kappa shape index (κ3) is 19.8. The van der Waals surface area contributed by atoms with E-state index in [1.807, 2.05) is 6.07 Å². The molecule has 0 saturated carbocycles. The van der Waals surface area contributed by atoms with E-state index in [-0.39, 0.29) is 96.5 Å². The number of phenolic OH excluding ortho intramolecular Hbond substituents is 10. The molecular formula is C62H63N3O22S3. The molecule has 0 fully saturated rings. The molecule has 1 aliphatic rings. The molecule has 3 unspecified atom stereocenters. The Labute approximate surface area is 521 Å². The van der Waals surface area contributed by atoms with Crippen LogP contribution in [0.2, 0.25) is 0 Å². The SMILES string of the molecule is CC(=O)c1cc(O)c(C(=O)O)cc1O.CC(=O)c1cc(O)c2c(c1O)C(=O)c1ccccc1C2=O.CC(=O)c1ccccc1O.CS(=O)c1cc(O)c(S(=O)O)cc1O.CS(=O)c1ccccc1O.NCc1cc(O)c(CN)cc1O.NCc1ccccc1O. The van der Waals surface area contributed by atoms with Crippen molar-refractivity contribution in [3.63, 3.8) is 0 Å². The van der Waals surface area contributed by atoms with Gasteiger partial charge < -0.3 is 83.0 Å². The molecule has 0 aliphatic heterocycles. The van der Waals surface area contributed by atoms with Gasteiger partial charge in [-0.25, -0.2) is 9.00 Å². The molecule has 1 aliphatic carbocycles. The van der Waals surface area contributed by atoms with E-state index in [2.05, 4.69) is 0 Å². The highest BCUT2D eigenvalue weighted by Gasteiger charge is 2.36. The summed E-state index contributed by atoms with van der Waals surface area (Å²) in [4.78, 5) is 68.6. The van der Waals surface area contributed by atoms with Gasteiger partial charge in [0.15, 0.2) is 40.0 Å². The number of ketones is 5. The van der Waals surface area contributed by atoms with Crippen molar-refractivity contribution < 1.29 is 107 Å². The lowest BCUT2D eigenvalue weighted by molar-refractivity contribution is 0.0691. The number of carbonyl (C=O) groups is 6. The molecule has 0 bridgehead atoms. The highest BCUT2D eigenvalue weighted by molar-refractivity contribution is 7.84. The zero-order valence-corrected chi connectivity index (χ0v) is 50.8. The lowest BCUT2D eigenvalue weighted by Gasteiger charge is -2.20. The average molecular weight is 1300 g/mol. The van der Waals surface area contributed by atoms with Crippen LogP contribution in [0.15, 0.2) is 154 Å². The van der Waals surface area contributed by atoms with Gasteiger partial charge in [0.05, 0.1) is 59.2 Å². The maximum absolute atomic E-state index is 12.5. The van der Waals surface area contributed by atoms with Crippen LogP contribution in [0.5, 0.6) is 63.2 Å². The molecule has 25 nitrogen and oxygen atoms in total. The first kappa shape index (κ1) is 73.9. The van der Waals surface area contributed by atoms with E-state index >= 15 is 0 Å². The van der Waals surface area contributed by atoms with Crippen LogP contribution < -0.4 is 17.2 Å². The van der Waals surface area contributed by atoms with Crippen LogP contribution in [0.3, 0.4) is 0 Å². The maximum Gasteiger partial charge on any atom is 0.339 e. The molecule has 0 amide bonds. The van der Waals surface area contributed by atoms with Crippen molar-refractivity contribution in [2.45, 2.75) is 55.1 Å². The van der Waals surface area contributed by atoms with Gasteiger partial charge in [0.2, 0.25) is 0 Å². The summed E-state index contributed by atoms with van der Waals surface area (Å²) in [5, 5.41) is 111. The number of para-hydroxylation sites is 3. The summed E-state index contributed by atoms with van der Waals surface area (Å²) in [6, 6.07) is 33.9. The fraction of sp³-hybridized carbons (Fsp3) is 0.129.